The topological polar surface area (TPSA) is 79.6 Å². The van der Waals surface area contributed by atoms with Crippen LogP contribution in [0.4, 0.5) is 0 Å². The Morgan fingerprint density at radius 2 is 1.88 bits per heavy atom. The van der Waals surface area contributed by atoms with Gasteiger partial charge in [0.15, 0.2) is 0 Å². The van der Waals surface area contributed by atoms with Crippen molar-refractivity contribution in [3.63, 3.8) is 0 Å². The van der Waals surface area contributed by atoms with Crippen molar-refractivity contribution in [2.75, 3.05) is 7.05 Å². The Morgan fingerprint density at radius 1 is 1.20 bits per heavy atom. The Bertz CT molecular complexity index is 807. The molecule has 25 heavy (non-hydrogen) atoms. The van der Waals surface area contributed by atoms with Crippen molar-refractivity contribution in [3.8, 4) is 0 Å². The van der Waals surface area contributed by atoms with Crippen LogP contribution in [0.5, 0.6) is 0 Å². The molecule has 0 spiro atoms. The smallest absolute Gasteiger partial charge is 0.253 e. The molecule has 7 heteroatoms. The highest BCUT2D eigenvalue weighted by molar-refractivity contribution is 7.89. The average molecular weight is 362 g/mol. The number of benzene rings is 1. The van der Waals surface area contributed by atoms with Crippen LogP contribution in [-0.4, -0.2) is 32.3 Å². The lowest BCUT2D eigenvalue weighted by molar-refractivity contribution is 0.0735. The Morgan fingerprint density at radius 3 is 2.48 bits per heavy atom. The van der Waals surface area contributed by atoms with Crippen molar-refractivity contribution >= 4 is 15.9 Å². The highest BCUT2D eigenvalue weighted by Gasteiger charge is 2.24. The van der Waals surface area contributed by atoms with Crippen LogP contribution in [0, 0.1) is 0 Å². The molecule has 1 amide bonds. The Labute approximate surface area is 147 Å². The van der Waals surface area contributed by atoms with Gasteiger partial charge >= 0.3 is 0 Å². The Hall–Kier alpha value is -2.12. The lowest BCUT2D eigenvalue weighted by Crippen LogP contribution is -2.35. The van der Waals surface area contributed by atoms with Gasteiger partial charge in [0, 0.05) is 18.7 Å². The Kier molecular flexibility index (Phi) is 5.24. The van der Waals surface area contributed by atoms with E-state index < -0.39 is 10.0 Å². The third kappa shape index (κ3) is 4.11. The second kappa shape index (κ2) is 7.41. The molecule has 0 bridgehead atoms. The van der Waals surface area contributed by atoms with Crippen molar-refractivity contribution in [2.45, 2.75) is 43.2 Å². The van der Waals surface area contributed by atoms with E-state index in [2.05, 4.69) is 4.72 Å². The number of hydrogen-bond donors (Lipinski definition) is 1. The molecule has 1 N–H and O–H groups in total. The van der Waals surface area contributed by atoms with Crippen molar-refractivity contribution in [2.24, 2.45) is 0 Å². The van der Waals surface area contributed by atoms with E-state index in [0.29, 0.717) is 11.3 Å². The molecule has 1 heterocycles. The van der Waals surface area contributed by atoms with E-state index in [-0.39, 0.29) is 23.4 Å². The molecule has 1 aromatic carbocycles. The van der Waals surface area contributed by atoms with Crippen LogP contribution in [0.1, 0.15) is 41.8 Å². The average Bonchev–Trinajstić information content (AvgIpc) is 3.32. The summed E-state index contributed by atoms with van der Waals surface area (Å²) in [5, 5.41) is 0. The molecule has 3 rings (SSSR count). The number of carbonyl (C=O) groups is 1. The van der Waals surface area contributed by atoms with Gasteiger partial charge in [-0.3, -0.25) is 4.79 Å². The summed E-state index contributed by atoms with van der Waals surface area (Å²) in [7, 11) is -1.84. The molecule has 6 nitrogen and oxygen atoms in total. The fraction of sp³-hybridized carbons (Fsp3) is 0.389. The molecule has 0 unspecified atom stereocenters. The minimum Gasteiger partial charge on any atom is -0.468 e. The quantitative estimate of drug-likeness (QED) is 0.857. The number of sulfonamides is 1. The van der Waals surface area contributed by atoms with Crippen molar-refractivity contribution in [1.29, 1.82) is 0 Å². The first-order valence-electron chi connectivity index (χ1n) is 8.36. The van der Waals surface area contributed by atoms with Crippen LogP contribution >= 0.6 is 0 Å². The van der Waals surface area contributed by atoms with E-state index >= 15 is 0 Å². The standard InChI is InChI=1S/C18H22N2O4S/c1-20(15-5-2-3-6-15)18(21)14-8-10-17(11-9-14)25(22,23)19-13-16-7-4-12-24-16/h4,7-12,15,19H,2-3,5-6,13H2,1H3. The van der Waals surface area contributed by atoms with E-state index in [9.17, 15) is 13.2 Å². The van der Waals surface area contributed by atoms with Gasteiger partial charge in [0.25, 0.3) is 5.91 Å². The maximum atomic E-state index is 12.5. The third-order valence-electron chi connectivity index (χ3n) is 4.62. The van der Waals surface area contributed by atoms with Gasteiger partial charge in [0.1, 0.15) is 5.76 Å². The maximum absolute atomic E-state index is 12.5. The summed E-state index contributed by atoms with van der Waals surface area (Å²) in [5.41, 5.74) is 0.499. The number of carbonyl (C=O) groups excluding carboxylic acids is 1. The number of hydrogen-bond acceptors (Lipinski definition) is 4. The van der Waals surface area contributed by atoms with Gasteiger partial charge in [-0.05, 0) is 49.2 Å². The fourth-order valence-electron chi connectivity index (χ4n) is 3.10. The molecule has 1 fully saturated rings. The molecule has 0 aliphatic heterocycles. The Balaban J connectivity index is 1.67. The SMILES string of the molecule is CN(C(=O)c1ccc(S(=O)(=O)NCc2ccco2)cc1)C1CCCC1. The molecule has 0 radical (unpaired) electrons. The molecule has 134 valence electrons. The number of nitrogens with zero attached hydrogens (tertiary/aromatic N) is 1. The number of nitrogens with one attached hydrogen (secondary N) is 1. The molecule has 0 atom stereocenters. The molecule has 0 saturated heterocycles. The summed E-state index contributed by atoms with van der Waals surface area (Å²) in [5.74, 6) is 0.466. The number of furan rings is 1. The first-order chi connectivity index (χ1) is 12.0. The monoisotopic (exact) mass is 362 g/mol. The fourth-order valence-corrected chi connectivity index (χ4v) is 4.09. The zero-order chi connectivity index (χ0) is 17.9. The predicted octanol–water partition coefficient (Wildman–Crippen LogP) is 2.77. The minimum atomic E-state index is -3.65. The zero-order valence-corrected chi connectivity index (χ0v) is 15.0. The highest BCUT2D eigenvalue weighted by Crippen LogP contribution is 2.24. The zero-order valence-electron chi connectivity index (χ0n) is 14.1. The largest absolute Gasteiger partial charge is 0.468 e. The van der Waals surface area contributed by atoms with Crippen molar-refractivity contribution < 1.29 is 17.6 Å². The second-order valence-corrected chi connectivity index (χ2v) is 8.05. The lowest BCUT2D eigenvalue weighted by atomic mass is 10.1. The minimum absolute atomic E-state index is 0.0700. The molecule has 1 saturated carbocycles. The summed E-state index contributed by atoms with van der Waals surface area (Å²) in [6, 6.07) is 9.73. The highest BCUT2D eigenvalue weighted by atomic mass is 32.2. The first kappa shape index (κ1) is 17.7. The van der Waals surface area contributed by atoms with Crippen LogP contribution in [0.15, 0.2) is 52.0 Å². The summed E-state index contributed by atoms with van der Waals surface area (Å²) >= 11 is 0. The van der Waals surface area contributed by atoms with Crippen molar-refractivity contribution in [1.82, 2.24) is 9.62 Å². The van der Waals surface area contributed by atoms with Crippen molar-refractivity contribution in [3.05, 3.63) is 54.0 Å². The summed E-state index contributed by atoms with van der Waals surface area (Å²) in [6.45, 7) is 0.0838. The molecule has 1 aromatic heterocycles. The van der Waals surface area contributed by atoms with Gasteiger partial charge < -0.3 is 9.32 Å². The van der Waals surface area contributed by atoms with Gasteiger partial charge in [0.05, 0.1) is 17.7 Å². The molecule has 1 aliphatic carbocycles. The predicted molar refractivity (Wildman–Crippen MR) is 93.5 cm³/mol. The van der Waals surface area contributed by atoms with Gasteiger partial charge in [-0.25, -0.2) is 13.1 Å². The lowest BCUT2D eigenvalue weighted by Gasteiger charge is -2.24. The number of rotatable bonds is 6. The van der Waals surface area contributed by atoms with Crippen LogP contribution in [0.3, 0.4) is 0 Å². The van der Waals surface area contributed by atoms with E-state index in [1.54, 1.807) is 29.2 Å². The summed E-state index contributed by atoms with van der Waals surface area (Å²) in [6.07, 6.45) is 5.86. The summed E-state index contributed by atoms with van der Waals surface area (Å²) < 4.78 is 32.2. The maximum Gasteiger partial charge on any atom is 0.253 e. The number of amides is 1. The molecule has 1 aliphatic rings. The van der Waals surface area contributed by atoms with E-state index in [1.165, 1.54) is 18.4 Å². The van der Waals surface area contributed by atoms with Gasteiger partial charge in [-0.1, -0.05) is 12.8 Å². The second-order valence-electron chi connectivity index (χ2n) is 6.28. The van der Waals surface area contributed by atoms with Crippen LogP contribution in [0.25, 0.3) is 0 Å². The molecular weight excluding hydrogens is 340 g/mol. The van der Waals surface area contributed by atoms with E-state index in [1.807, 2.05) is 7.05 Å². The normalized spacial score (nSPS) is 15.4. The molecule has 2 aromatic rings. The third-order valence-corrected chi connectivity index (χ3v) is 6.04. The molecular formula is C18H22N2O4S. The van der Waals surface area contributed by atoms with Gasteiger partial charge in [0.2, 0.25) is 10.0 Å². The van der Waals surface area contributed by atoms with E-state index in [0.717, 1.165) is 25.7 Å². The first-order valence-corrected chi connectivity index (χ1v) is 9.85. The van der Waals surface area contributed by atoms with Crippen LogP contribution in [0.2, 0.25) is 0 Å². The van der Waals surface area contributed by atoms with Gasteiger partial charge in [-0.2, -0.15) is 0 Å². The van der Waals surface area contributed by atoms with E-state index in [4.69, 9.17) is 4.42 Å². The summed E-state index contributed by atoms with van der Waals surface area (Å²) in [4.78, 5) is 14.4. The van der Waals surface area contributed by atoms with Crippen LogP contribution in [-0.2, 0) is 16.6 Å². The van der Waals surface area contributed by atoms with Gasteiger partial charge in [-0.15, -0.1) is 0 Å². The van der Waals surface area contributed by atoms with Crippen LogP contribution < -0.4 is 4.72 Å².